The van der Waals surface area contributed by atoms with Gasteiger partial charge in [-0.25, -0.2) is 0 Å². The van der Waals surface area contributed by atoms with E-state index in [1.807, 2.05) is 0 Å². The summed E-state index contributed by atoms with van der Waals surface area (Å²) in [5.41, 5.74) is 5.15. The summed E-state index contributed by atoms with van der Waals surface area (Å²) >= 11 is 0. The summed E-state index contributed by atoms with van der Waals surface area (Å²) in [6.07, 6.45) is 0. The lowest BCUT2D eigenvalue weighted by molar-refractivity contribution is 0.0598. The average Bonchev–Trinajstić information content (AvgIpc) is 2.92. The first-order valence-corrected chi connectivity index (χ1v) is 12.1. The van der Waals surface area contributed by atoms with Crippen LogP contribution in [0.15, 0.2) is 84.9 Å². The number of benzene rings is 4. The molecule has 0 spiro atoms. The first kappa shape index (κ1) is 21.2. The molecule has 0 amide bonds. The van der Waals surface area contributed by atoms with Crippen LogP contribution in [0.4, 0.5) is 0 Å². The largest absolute Gasteiger partial charge is 0.478 e. The van der Waals surface area contributed by atoms with Crippen LogP contribution in [0.3, 0.4) is 0 Å². The first-order chi connectivity index (χ1) is 16.7. The Morgan fingerprint density at radius 2 is 1.03 bits per heavy atom. The molecule has 2 atom stereocenters. The zero-order chi connectivity index (χ0) is 23.1. The standard InChI is InChI=1S/C30H30N2O2/c1-21(23-9-5-3-6-10-23)31-17-26-28(33-19-31)15-13-25-14-16-29-27(30(25)26)18-32(20-34-29)22(2)24-11-7-4-8-12-24/h3-16,21-22H,17-20H2,1-2H3/t21-,22-/m1/s1. The summed E-state index contributed by atoms with van der Waals surface area (Å²) in [6, 6.07) is 30.5. The lowest BCUT2D eigenvalue weighted by Gasteiger charge is -2.37. The Bertz CT molecular complexity index is 1210. The molecule has 2 aliphatic rings. The van der Waals surface area contributed by atoms with Crippen LogP contribution >= 0.6 is 0 Å². The Morgan fingerprint density at radius 3 is 1.47 bits per heavy atom. The van der Waals surface area contributed by atoms with Crippen LogP contribution in [0.2, 0.25) is 0 Å². The predicted molar refractivity (Wildman–Crippen MR) is 136 cm³/mol. The molecule has 0 saturated heterocycles. The zero-order valence-electron chi connectivity index (χ0n) is 19.8. The molecule has 2 heterocycles. The molecule has 4 nitrogen and oxygen atoms in total. The highest BCUT2D eigenvalue weighted by molar-refractivity contribution is 5.92. The lowest BCUT2D eigenvalue weighted by atomic mass is 9.94. The summed E-state index contributed by atoms with van der Waals surface area (Å²) in [5, 5.41) is 2.53. The normalized spacial score (nSPS) is 17.8. The molecule has 4 aromatic rings. The third-order valence-electron chi connectivity index (χ3n) is 7.47. The molecule has 0 N–H and O–H groups in total. The monoisotopic (exact) mass is 450 g/mol. The van der Waals surface area contributed by atoms with Crippen molar-refractivity contribution in [3.63, 3.8) is 0 Å². The third kappa shape index (κ3) is 3.73. The van der Waals surface area contributed by atoms with Gasteiger partial charge >= 0.3 is 0 Å². The highest BCUT2D eigenvalue weighted by Crippen LogP contribution is 2.42. The van der Waals surface area contributed by atoms with Crippen molar-refractivity contribution >= 4 is 10.8 Å². The second kappa shape index (κ2) is 8.79. The minimum atomic E-state index is 0.273. The predicted octanol–water partition coefficient (Wildman–Crippen LogP) is 6.67. The summed E-state index contributed by atoms with van der Waals surface area (Å²) in [5.74, 6) is 1.98. The van der Waals surface area contributed by atoms with Crippen LogP contribution in [0.1, 0.15) is 48.2 Å². The molecule has 34 heavy (non-hydrogen) atoms. The van der Waals surface area contributed by atoms with E-state index in [2.05, 4.69) is 109 Å². The Morgan fingerprint density at radius 1 is 0.588 bits per heavy atom. The summed E-state index contributed by atoms with van der Waals surface area (Å²) < 4.78 is 12.6. The van der Waals surface area contributed by atoms with E-state index in [4.69, 9.17) is 9.47 Å². The van der Waals surface area contributed by atoms with Crippen LogP contribution in [0.25, 0.3) is 10.8 Å². The van der Waals surface area contributed by atoms with Crippen LogP contribution in [-0.2, 0) is 13.1 Å². The van der Waals surface area contributed by atoms with Gasteiger partial charge in [0.15, 0.2) is 0 Å². The van der Waals surface area contributed by atoms with Crippen LogP contribution in [0.5, 0.6) is 11.5 Å². The van der Waals surface area contributed by atoms with Crippen molar-refractivity contribution in [2.45, 2.75) is 39.0 Å². The molecular weight excluding hydrogens is 420 g/mol. The Kier molecular flexibility index (Phi) is 5.48. The van der Waals surface area contributed by atoms with Gasteiger partial charge in [-0.3, -0.25) is 9.80 Å². The van der Waals surface area contributed by atoms with Gasteiger partial charge in [0.2, 0.25) is 0 Å². The van der Waals surface area contributed by atoms with Gasteiger partial charge in [0.25, 0.3) is 0 Å². The van der Waals surface area contributed by atoms with Crippen LogP contribution in [-0.4, -0.2) is 23.3 Å². The number of nitrogens with zero attached hydrogens (tertiary/aromatic N) is 2. The van der Waals surface area contributed by atoms with Crippen molar-refractivity contribution < 1.29 is 9.47 Å². The number of fused-ring (bicyclic) bond motifs is 5. The third-order valence-corrected chi connectivity index (χ3v) is 7.47. The second-order valence-corrected chi connectivity index (χ2v) is 9.40. The van der Waals surface area contributed by atoms with E-state index in [-0.39, 0.29) is 12.1 Å². The van der Waals surface area contributed by atoms with Crippen molar-refractivity contribution in [3.05, 3.63) is 107 Å². The maximum Gasteiger partial charge on any atom is 0.142 e. The topological polar surface area (TPSA) is 24.9 Å². The number of hydrogen-bond acceptors (Lipinski definition) is 4. The molecule has 0 unspecified atom stereocenters. The highest BCUT2D eigenvalue weighted by Gasteiger charge is 2.29. The molecular formula is C30H30N2O2. The minimum Gasteiger partial charge on any atom is -0.478 e. The number of hydrogen-bond donors (Lipinski definition) is 0. The van der Waals surface area contributed by atoms with Gasteiger partial charge in [0.1, 0.15) is 25.0 Å². The van der Waals surface area contributed by atoms with Gasteiger partial charge in [-0.1, -0.05) is 72.8 Å². The summed E-state index contributed by atoms with van der Waals surface area (Å²) in [7, 11) is 0. The van der Waals surface area contributed by atoms with Crippen LogP contribution < -0.4 is 9.47 Å². The molecule has 2 aliphatic heterocycles. The fourth-order valence-electron chi connectivity index (χ4n) is 5.30. The van der Waals surface area contributed by atoms with E-state index in [1.165, 1.54) is 33.0 Å². The van der Waals surface area contributed by atoms with E-state index >= 15 is 0 Å². The van der Waals surface area contributed by atoms with Gasteiger partial charge in [-0.15, -0.1) is 0 Å². The lowest BCUT2D eigenvalue weighted by Crippen LogP contribution is -2.36. The Labute approximate surface area is 201 Å². The second-order valence-electron chi connectivity index (χ2n) is 9.40. The van der Waals surface area contributed by atoms with E-state index in [0.717, 1.165) is 24.6 Å². The van der Waals surface area contributed by atoms with Crippen molar-refractivity contribution in [1.29, 1.82) is 0 Å². The Hall–Kier alpha value is -3.34. The molecule has 172 valence electrons. The molecule has 0 aliphatic carbocycles. The van der Waals surface area contributed by atoms with E-state index in [1.54, 1.807) is 0 Å². The van der Waals surface area contributed by atoms with Crippen molar-refractivity contribution in [1.82, 2.24) is 9.80 Å². The van der Waals surface area contributed by atoms with Crippen LogP contribution in [0, 0.1) is 0 Å². The van der Waals surface area contributed by atoms with Gasteiger partial charge in [-0.05, 0) is 47.9 Å². The van der Waals surface area contributed by atoms with Gasteiger partial charge in [0, 0.05) is 36.3 Å². The fourth-order valence-corrected chi connectivity index (χ4v) is 5.30. The summed E-state index contributed by atoms with van der Waals surface area (Å²) in [6.45, 7) is 7.42. The van der Waals surface area contributed by atoms with Gasteiger partial charge < -0.3 is 9.47 Å². The Balaban J connectivity index is 1.37. The molecule has 0 saturated carbocycles. The minimum absolute atomic E-state index is 0.273. The molecule has 6 rings (SSSR count). The van der Waals surface area contributed by atoms with Gasteiger partial charge in [0.05, 0.1) is 0 Å². The van der Waals surface area contributed by atoms with E-state index in [0.29, 0.717) is 13.5 Å². The maximum absolute atomic E-state index is 6.29. The molecule has 0 bridgehead atoms. The van der Waals surface area contributed by atoms with E-state index < -0.39 is 0 Å². The number of rotatable bonds is 4. The molecule has 4 aromatic carbocycles. The van der Waals surface area contributed by atoms with Crippen molar-refractivity contribution in [3.8, 4) is 11.5 Å². The quantitative estimate of drug-likeness (QED) is 0.347. The molecule has 0 aromatic heterocycles. The fraction of sp³-hybridized carbons (Fsp3) is 0.267. The molecule has 0 fully saturated rings. The molecule has 4 heteroatoms. The van der Waals surface area contributed by atoms with Gasteiger partial charge in [-0.2, -0.15) is 0 Å². The molecule has 0 radical (unpaired) electrons. The first-order valence-electron chi connectivity index (χ1n) is 12.1. The highest BCUT2D eigenvalue weighted by atomic mass is 16.5. The summed E-state index contributed by atoms with van der Waals surface area (Å²) in [4.78, 5) is 4.81. The van der Waals surface area contributed by atoms with Crippen molar-refractivity contribution in [2.24, 2.45) is 0 Å². The van der Waals surface area contributed by atoms with Crippen molar-refractivity contribution in [2.75, 3.05) is 13.5 Å². The SMILES string of the molecule is C[C@H](c1ccccc1)N1COc2ccc3ccc4c(c3c2C1)CN([C@H](C)c1ccccc1)CO4. The number of ether oxygens (including phenoxy) is 2. The van der Waals surface area contributed by atoms with E-state index in [9.17, 15) is 0 Å². The average molecular weight is 451 g/mol. The maximum atomic E-state index is 6.29. The zero-order valence-corrected chi connectivity index (χ0v) is 19.8. The smallest absolute Gasteiger partial charge is 0.142 e.